The monoisotopic (exact) mass is 285 g/mol. The largest absolute Gasteiger partial charge is 0.366 e. The van der Waals surface area contributed by atoms with Gasteiger partial charge in [0.05, 0.1) is 0 Å². The van der Waals surface area contributed by atoms with E-state index in [0.717, 1.165) is 37.1 Å². The molecule has 0 atom stereocenters. The lowest BCUT2D eigenvalue weighted by molar-refractivity contribution is 0.0927. The number of hydrogen-bond acceptors (Lipinski definition) is 2. The summed E-state index contributed by atoms with van der Waals surface area (Å²) in [5, 5.41) is 3.20. The van der Waals surface area contributed by atoms with Gasteiger partial charge in [0, 0.05) is 30.4 Å². The lowest BCUT2D eigenvalue weighted by Gasteiger charge is -2.28. The maximum atomic E-state index is 12.4. The van der Waals surface area contributed by atoms with Crippen molar-refractivity contribution in [2.24, 2.45) is 0 Å². The van der Waals surface area contributed by atoms with Crippen LogP contribution >= 0.6 is 0 Å². The second-order valence-corrected chi connectivity index (χ2v) is 6.23. The molecular formula is C18H25N2O. The fourth-order valence-electron chi connectivity index (χ4n) is 3.34. The van der Waals surface area contributed by atoms with Gasteiger partial charge in [-0.25, -0.2) is 0 Å². The Hall–Kier alpha value is -1.51. The molecule has 0 bridgehead atoms. The van der Waals surface area contributed by atoms with Crippen LogP contribution in [0.5, 0.6) is 0 Å². The number of rotatable bonds is 3. The first kappa shape index (κ1) is 14.4. The highest BCUT2D eigenvalue weighted by Crippen LogP contribution is 2.23. The molecule has 1 saturated heterocycles. The molecule has 3 nitrogen and oxygen atoms in total. The van der Waals surface area contributed by atoms with Gasteiger partial charge in [-0.15, -0.1) is 0 Å². The maximum absolute atomic E-state index is 12.4. The van der Waals surface area contributed by atoms with Gasteiger partial charge in [0.2, 0.25) is 0 Å². The van der Waals surface area contributed by atoms with E-state index in [9.17, 15) is 4.79 Å². The molecule has 2 fully saturated rings. The summed E-state index contributed by atoms with van der Waals surface area (Å²) in [5.74, 6) is 0.0840. The Kier molecular flexibility index (Phi) is 4.79. The summed E-state index contributed by atoms with van der Waals surface area (Å²) >= 11 is 0. The topological polar surface area (TPSA) is 32.3 Å². The van der Waals surface area contributed by atoms with Gasteiger partial charge in [0.15, 0.2) is 0 Å². The van der Waals surface area contributed by atoms with E-state index in [2.05, 4.69) is 22.8 Å². The molecule has 1 N–H and O–H groups in total. The van der Waals surface area contributed by atoms with Crippen LogP contribution in [-0.2, 0) is 0 Å². The van der Waals surface area contributed by atoms with Crippen LogP contribution in [0, 0.1) is 6.54 Å². The fraction of sp³-hybridized carbons (Fsp3) is 0.556. The van der Waals surface area contributed by atoms with E-state index >= 15 is 0 Å². The number of hydrogen-bond donors (Lipinski definition) is 1. The van der Waals surface area contributed by atoms with Gasteiger partial charge in [0.1, 0.15) is 0 Å². The zero-order chi connectivity index (χ0) is 14.5. The van der Waals surface area contributed by atoms with Crippen LogP contribution in [0.25, 0.3) is 0 Å². The van der Waals surface area contributed by atoms with Gasteiger partial charge in [-0.3, -0.25) is 4.79 Å². The summed E-state index contributed by atoms with van der Waals surface area (Å²) in [6, 6.07) is 8.41. The van der Waals surface area contributed by atoms with E-state index in [-0.39, 0.29) is 5.91 Å². The predicted octanol–water partition coefficient (Wildman–Crippen LogP) is 3.90. The molecule has 0 spiro atoms. The second-order valence-electron chi connectivity index (χ2n) is 6.23. The molecule has 3 heteroatoms. The van der Waals surface area contributed by atoms with Crippen molar-refractivity contribution in [3.63, 3.8) is 0 Å². The molecule has 1 aromatic rings. The van der Waals surface area contributed by atoms with Gasteiger partial charge >= 0.3 is 0 Å². The Morgan fingerprint density at radius 2 is 1.95 bits per heavy atom. The number of nitrogens with one attached hydrogen (secondary N) is 1. The van der Waals surface area contributed by atoms with Gasteiger partial charge in [-0.1, -0.05) is 25.3 Å². The smallest absolute Gasteiger partial charge is 0.251 e. The van der Waals surface area contributed by atoms with E-state index in [1.165, 1.54) is 32.1 Å². The lowest BCUT2D eigenvalue weighted by Crippen LogP contribution is -2.36. The van der Waals surface area contributed by atoms with Crippen LogP contribution in [0.3, 0.4) is 0 Å². The predicted molar refractivity (Wildman–Crippen MR) is 86.3 cm³/mol. The molecule has 1 amide bonds. The molecule has 0 aromatic heterocycles. The lowest BCUT2D eigenvalue weighted by atomic mass is 9.95. The van der Waals surface area contributed by atoms with E-state index in [1.54, 1.807) is 0 Å². The molecule has 2 aliphatic rings. The summed E-state index contributed by atoms with van der Waals surface area (Å²) in [5.41, 5.74) is 1.93. The van der Waals surface area contributed by atoms with Crippen LogP contribution in [0.2, 0.25) is 0 Å². The van der Waals surface area contributed by atoms with Crippen LogP contribution in [0.4, 0.5) is 5.69 Å². The standard InChI is InChI=1S/C18H25N2O/c21-18(19-16-9-3-1-4-10-16)15-8-7-11-17(14-15)20-12-5-2-6-13-20/h7-8,11-12,14,16H,1-6,9-10,13H2,(H,19,21). The SMILES string of the molecule is O=C(NC1CCCCC1)c1cccc(N2[CH]CCCC2)c1. The maximum Gasteiger partial charge on any atom is 0.251 e. The molecule has 1 radical (unpaired) electrons. The van der Waals surface area contributed by atoms with Crippen LogP contribution < -0.4 is 10.2 Å². The molecule has 1 aromatic carbocycles. The molecule has 113 valence electrons. The number of nitrogens with zero attached hydrogens (tertiary/aromatic N) is 1. The molecule has 1 saturated carbocycles. The third-order valence-corrected chi connectivity index (χ3v) is 4.58. The minimum absolute atomic E-state index is 0.0840. The first-order chi connectivity index (χ1) is 10.3. The van der Waals surface area contributed by atoms with E-state index in [1.807, 2.05) is 18.2 Å². The Morgan fingerprint density at radius 3 is 2.71 bits per heavy atom. The van der Waals surface area contributed by atoms with Crippen molar-refractivity contribution in [1.29, 1.82) is 0 Å². The zero-order valence-electron chi connectivity index (χ0n) is 12.7. The van der Waals surface area contributed by atoms with Crippen LogP contribution in [0.1, 0.15) is 61.7 Å². The zero-order valence-corrected chi connectivity index (χ0v) is 12.7. The first-order valence-corrected chi connectivity index (χ1v) is 8.34. The average Bonchev–Trinajstić information content (AvgIpc) is 2.57. The van der Waals surface area contributed by atoms with Crippen molar-refractivity contribution in [2.45, 2.75) is 57.4 Å². The third kappa shape index (κ3) is 3.78. The number of anilines is 1. The Balaban J connectivity index is 1.65. The third-order valence-electron chi connectivity index (χ3n) is 4.58. The molecule has 1 aliphatic carbocycles. The van der Waals surface area contributed by atoms with Crippen LogP contribution in [0.15, 0.2) is 24.3 Å². The Labute approximate surface area is 127 Å². The quantitative estimate of drug-likeness (QED) is 0.913. The van der Waals surface area contributed by atoms with Crippen molar-refractivity contribution in [2.75, 3.05) is 11.4 Å². The normalized spacial score (nSPS) is 20.3. The van der Waals surface area contributed by atoms with Gasteiger partial charge in [-0.05, 0) is 50.3 Å². The number of piperidine rings is 1. The summed E-state index contributed by atoms with van der Waals surface area (Å²) < 4.78 is 0. The van der Waals surface area contributed by atoms with Gasteiger partial charge < -0.3 is 10.2 Å². The number of benzene rings is 1. The Morgan fingerprint density at radius 1 is 1.10 bits per heavy atom. The fourth-order valence-corrected chi connectivity index (χ4v) is 3.34. The minimum atomic E-state index is 0.0840. The highest BCUT2D eigenvalue weighted by molar-refractivity contribution is 5.95. The molecular weight excluding hydrogens is 260 g/mol. The highest BCUT2D eigenvalue weighted by Gasteiger charge is 2.18. The van der Waals surface area contributed by atoms with Crippen LogP contribution in [-0.4, -0.2) is 18.5 Å². The van der Waals surface area contributed by atoms with Crippen molar-refractivity contribution in [3.8, 4) is 0 Å². The van der Waals surface area contributed by atoms with Gasteiger partial charge in [0.25, 0.3) is 5.91 Å². The molecule has 0 unspecified atom stereocenters. The van der Waals surface area contributed by atoms with E-state index in [0.29, 0.717) is 6.04 Å². The van der Waals surface area contributed by atoms with Crippen molar-refractivity contribution in [1.82, 2.24) is 5.32 Å². The van der Waals surface area contributed by atoms with Crippen molar-refractivity contribution < 1.29 is 4.79 Å². The minimum Gasteiger partial charge on any atom is -0.366 e. The Bertz CT molecular complexity index is 474. The summed E-state index contributed by atoms with van der Waals surface area (Å²) in [7, 11) is 0. The van der Waals surface area contributed by atoms with E-state index < -0.39 is 0 Å². The summed E-state index contributed by atoms with van der Waals surface area (Å²) in [6.07, 6.45) is 9.70. The highest BCUT2D eigenvalue weighted by atomic mass is 16.1. The molecule has 21 heavy (non-hydrogen) atoms. The number of carbonyl (C=O) groups excluding carboxylic acids is 1. The van der Waals surface area contributed by atoms with Gasteiger partial charge in [-0.2, -0.15) is 0 Å². The first-order valence-electron chi connectivity index (χ1n) is 8.34. The number of carbonyl (C=O) groups is 1. The second kappa shape index (κ2) is 6.97. The molecule has 1 heterocycles. The molecule has 1 aliphatic heterocycles. The number of amides is 1. The van der Waals surface area contributed by atoms with E-state index in [4.69, 9.17) is 0 Å². The van der Waals surface area contributed by atoms with Crippen molar-refractivity contribution in [3.05, 3.63) is 36.4 Å². The molecule has 3 rings (SSSR count). The van der Waals surface area contributed by atoms with Crippen molar-refractivity contribution >= 4 is 11.6 Å². The summed E-state index contributed by atoms with van der Waals surface area (Å²) in [6.45, 7) is 3.31. The average molecular weight is 285 g/mol. The summed E-state index contributed by atoms with van der Waals surface area (Å²) in [4.78, 5) is 14.7.